The summed E-state index contributed by atoms with van der Waals surface area (Å²) < 4.78 is 18.1. The lowest BCUT2D eigenvalue weighted by Gasteiger charge is -2.11. The summed E-state index contributed by atoms with van der Waals surface area (Å²) in [5.41, 5.74) is 0.838. The molecule has 3 heteroatoms. The molecule has 0 aromatic heterocycles. The van der Waals surface area contributed by atoms with Gasteiger partial charge in [0.1, 0.15) is 5.82 Å². The first-order chi connectivity index (χ1) is 6.24. The first-order valence-electron chi connectivity index (χ1n) is 4.17. The molecule has 0 amide bonds. The molecule has 1 unspecified atom stereocenters. The SMILES string of the molecule is CC(OCCCl)c1cccc(F)c1. The molecule has 0 saturated carbocycles. The molecule has 0 N–H and O–H groups in total. The zero-order valence-electron chi connectivity index (χ0n) is 7.47. The van der Waals surface area contributed by atoms with E-state index >= 15 is 0 Å². The third kappa shape index (κ3) is 3.33. The summed E-state index contributed by atoms with van der Waals surface area (Å²) in [7, 11) is 0. The van der Waals surface area contributed by atoms with Crippen LogP contribution < -0.4 is 0 Å². The van der Waals surface area contributed by atoms with Gasteiger partial charge in [0.2, 0.25) is 0 Å². The van der Waals surface area contributed by atoms with Gasteiger partial charge in [-0.2, -0.15) is 0 Å². The Hall–Kier alpha value is -0.600. The van der Waals surface area contributed by atoms with E-state index in [9.17, 15) is 4.39 Å². The van der Waals surface area contributed by atoms with Gasteiger partial charge in [0.25, 0.3) is 0 Å². The Bertz CT molecular complexity index is 265. The molecule has 0 spiro atoms. The molecule has 13 heavy (non-hydrogen) atoms. The Morgan fingerprint density at radius 2 is 2.31 bits per heavy atom. The monoisotopic (exact) mass is 202 g/mol. The molecule has 1 nitrogen and oxygen atoms in total. The van der Waals surface area contributed by atoms with E-state index < -0.39 is 0 Å². The second kappa shape index (κ2) is 5.20. The van der Waals surface area contributed by atoms with E-state index in [1.165, 1.54) is 12.1 Å². The quantitative estimate of drug-likeness (QED) is 0.682. The highest BCUT2D eigenvalue weighted by atomic mass is 35.5. The van der Waals surface area contributed by atoms with Gasteiger partial charge in [0.15, 0.2) is 0 Å². The van der Waals surface area contributed by atoms with E-state index in [2.05, 4.69) is 0 Å². The van der Waals surface area contributed by atoms with Crippen molar-refractivity contribution in [2.24, 2.45) is 0 Å². The van der Waals surface area contributed by atoms with Crippen LogP contribution in [0.3, 0.4) is 0 Å². The van der Waals surface area contributed by atoms with Gasteiger partial charge in [-0.1, -0.05) is 12.1 Å². The van der Waals surface area contributed by atoms with Crippen LogP contribution >= 0.6 is 11.6 Å². The van der Waals surface area contributed by atoms with Crippen LogP contribution in [-0.4, -0.2) is 12.5 Å². The maximum absolute atomic E-state index is 12.8. The van der Waals surface area contributed by atoms with Crippen molar-refractivity contribution in [3.63, 3.8) is 0 Å². The number of alkyl halides is 1. The number of hydrogen-bond donors (Lipinski definition) is 0. The predicted molar refractivity (Wildman–Crippen MR) is 51.5 cm³/mol. The number of halogens is 2. The standard InChI is InChI=1S/C10H12ClFO/c1-8(13-6-5-11)9-3-2-4-10(12)7-9/h2-4,7-8H,5-6H2,1H3. The summed E-state index contributed by atoms with van der Waals surface area (Å²) >= 11 is 5.47. The molecule has 0 radical (unpaired) electrons. The van der Waals surface area contributed by atoms with Crippen molar-refractivity contribution >= 4 is 11.6 Å². The van der Waals surface area contributed by atoms with Crippen molar-refractivity contribution in [2.75, 3.05) is 12.5 Å². The maximum Gasteiger partial charge on any atom is 0.123 e. The molecule has 0 aliphatic rings. The minimum atomic E-state index is -0.237. The predicted octanol–water partition coefficient (Wildman–Crippen LogP) is 3.14. The maximum atomic E-state index is 12.8. The van der Waals surface area contributed by atoms with E-state index in [4.69, 9.17) is 16.3 Å². The van der Waals surface area contributed by atoms with Gasteiger partial charge in [-0.05, 0) is 24.6 Å². The van der Waals surface area contributed by atoms with Crippen molar-refractivity contribution in [1.29, 1.82) is 0 Å². The molecule has 1 aromatic carbocycles. The minimum absolute atomic E-state index is 0.102. The van der Waals surface area contributed by atoms with Gasteiger partial charge < -0.3 is 4.74 Å². The molecule has 0 heterocycles. The highest BCUT2D eigenvalue weighted by Crippen LogP contribution is 2.17. The van der Waals surface area contributed by atoms with Crippen LogP contribution in [0.25, 0.3) is 0 Å². The molecular weight excluding hydrogens is 191 g/mol. The average molecular weight is 203 g/mol. The summed E-state index contributed by atoms with van der Waals surface area (Å²) in [6.07, 6.45) is -0.102. The van der Waals surface area contributed by atoms with E-state index in [-0.39, 0.29) is 11.9 Å². The normalized spacial score (nSPS) is 12.8. The molecule has 0 aliphatic heterocycles. The van der Waals surface area contributed by atoms with E-state index in [1.807, 2.05) is 13.0 Å². The van der Waals surface area contributed by atoms with Crippen LogP contribution in [0.2, 0.25) is 0 Å². The van der Waals surface area contributed by atoms with Crippen LogP contribution in [0, 0.1) is 5.82 Å². The van der Waals surface area contributed by atoms with E-state index in [0.29, 0.717) is 12.5 Å². The fraction of sp³-hybridized carbons (Fsp3) is 0.400. The van der Waals surface area contributed by atoms with Crippen molar-refractivity contribution in [3.8, 4) is 0 Å². The van der Waals surface area contributed by atoms with Crippen LogP contribution in [0.4, 0.5) is 4.39 Å². The lowest BCUT2D eigenvalue weighted by molar-refractivity contribution is 0.0776. The van der Waals surface area contributed by atoms with Gasteiger partial charge in [-0.25, -0.2) is 4.39 Å². The Balaban J connectivity index is 2.60. The summed E-state index contributed by atoms with van der Waals surface area (Å²) in [4.78, 5) is 0. The molecule has 1 rings (SSSR count). The van der Waals surface area contributed by atoms with Crippen molar-refractivity contribution in [1.82, 2.24) is 0 Å². The molecule has 0 saturated heterocycles. The van der Waals surface area contributed by atoms with Crippen LogP contribution in [0.1, 0.15) is 18.6 Å². The fourth-order valence-corrected chi connectivity index (χ4v) is 1.17. The topological polar surface area (TPSA) is 9.23 Å². The van der Waals surface area contributed by atoms with Gasteiger partial charge in [0.05, 0.1) is 12.7 Å². The number of hydrogen-bond acceptors (Lipinski definition) is 1. The molecule has 1 atom stereocenters. The molecule has 0 bridgehead atoms. The average Bonchev–Trinajstić information content (AvgIpc) is 2.14. The van der Waals surface area contributed by atoms with Gasteiger partial charge in [-0.3, -0.25) is 0 Å². The van der Waals surface area contributed by atoms with E-state index in [1.54, 1.807) is 6.07 Å². The second-order valence-electron chi connectivity index (χ2n) is 2.76. The zero-order chi connectivity index (χ0) is 9.68. The minimum Gasteiger partial charge on any atom is -0.373 e. The zero-order valence-corrected chi connectivity index (χ0v) is 8.22. The number of ether oxygens (including phenoxy) is 1. The van der Waals surface area contributed by atoms with E-state index in [0.717, 1.165) is 5.56 Å². The van der Waals surface area contributed by atoms with Gasteiger partial charge in [-0.15, -0.1) is 11.6 Å². The Morgan fingerprint density at radius 3 is 2.92 bits per heavy atom. The number of benzene rings is 1. The third-order valence-electron chi connectivity index (χ3n) is 1.76. The largest absolute Gasteiger partial charge is 0.373 e. The Morgan fingerprint density at radius 1 is 1.54 bits per heavy atom. The second-order valence-corrected chi connectivity index (χ2v) is 3.13. The number of rotatable bonds is 4. The molecule has 1 aromatic rings. The van der Waals surface area contributed by atoms with Crippen LogP contribution in [-0.2, 0) is 4.74 Å². The van der Waals surface area contributed by atoms with Crippen molar-refractivity contribution in [2.45, 2.75) is 13.0 Å². The summed E-state index contributed by atoms with van der Waals surface area (Å²) in [5, 5.41) is 0. The molecule has 0 fully saturated rings. The summed E-state index contributed by atoms with van der Waals surface area (Å²) in [5.74, 6) is 0.221. The fourth-order valence-electron chi connectivity index (χ4n) is 1.08. The first-order valence-corrected chi connectivity index (χ1v) is 4.70. The van der Waals surface area contributed by atoms with Gasteiger partial charge >= 0.3 is 0 Å². The summed E-state index contributed by atoms with van der Waals surface area (Å²) in [6.45, 7) is 2.36. The van der Waals surface area contributed by atoms with Gasteiger partial charge in [0, 0.05) is 5.88 Å². The third-order valence-corrected chi connectivity index (χ3v) is 1.92. The lowest BCUT2D eigenvalue weighted by atomic mass is 10.1. The first kappa shape index (κ1) is 10.5. The van der Waals surface area contributed by atoms with Crippen molar-refractivity contribution in [3.05, 3.63) is 35.6 Å². The Labute approximate surface area is 82.5 Å². The highest BCUT2D eigenvalue weighted by molar-refractivity contribution is 6.17. The Kier molecular flexibility index (Phi) is 4.19. The van der Waals surface area contributed by atoms with Crippen molar-refractivity contribution < 1.29 is 9.13 Å². The van der Waals surface area contributed by atoms with Crippen LogP contribution in [0.5, 0.6) is 0 Å². The smallest absolute Gasteiger partial charge is 0.123 e. The molecular formula is C10H12ClFO. The highest BCUT2D eigenvalue weighted by Gasteiger charge is 2.05. The molecule has 0 aliphatic carbocycles. The summed E-state index contributed by atoms with van der Waals surface area (Å²) in [6, 6.07) is 6.39. The molecule has 72 valence electrons. The van der Waals surface area contributed by atoms with Crippen LogP contribution in [0.15, 0.2) is 24.3 Å². The lowest BCUT2D eigenvalue weighted by Crippen LogP contribution is -2.02.